The third-order valence-corrected chi connectivity index (χ3v) is 2.36. The molecule has 1 unspecified atom stereocenters. The number of esters is 1. The summed E-state index contributed by atoms with van der Waals surface area (Å²) in [5, 5.41) is 0.878. The van der Waals surface area contributed by atoms with Crippen LogP contribution in [0, 0.1) is 5.92 Å². The Hall–Kier alpha value is -0.0500. The molecule has 1 heterocycles. The molecule has 0 spiro atoms. The highest BCUT2D eigenvalue weighted by atomic mass is 79.9. The number of ether oxygens (including phenoxy) is 1. The normalized spacial score (nSPS) is 28.6. The lowest BCUT2D eigenvalue weighted by molar-refractivity contribution is -0.148. The topological polar surface area (TPSA) is 26.3 Å². The highest BCUT2D eigenvalue weighted by Gasteiger charge is 2.39. The van der Waals surface area contributed by atoms with Crippen molar-refractivity contribution in [1.29, 1.82) is 0 Å². The summed E-state index contributed by atoms with van der Waals surface area (Å²) < 4.78 is 5.15. The van der Waals surface area contributed by atoms with E-state index in [9.17, 15) is 4.79 Å². The standard InChI is InChI=1S/C8H13BrO2/c1-8(2)5-6(3-4-9)7(10)11-8/h6H,3-5H2,1-2H3. The van der Waals surface area contributed by atoms with E-state index in [1.807, 2.05) is 13.8 Å². The molecular weight excluding hydrogens is 208 g/mol. The van der Waals surface area contributed by atoms with Crippen molar-refractivity contribution in [3.05, 3.63) is 0 Å². The fourth-order valence-electron chi connectivity index (χ4n) is 1.43. The van der Waals surface area contributed by atoms with Crippen molar-refractivity contribution in [1.82, 2.24) is 0 Å². The van der Waals surface area contributed by atoms with Gasteiger partial charge in [0.05, 0.1) is 5.92 Å². The highest BCUT2D eigenvalue weighted by molar-refractivity contribution is 9.09. The molecule has 0 bridgehead atoms. The Bertz CT molecular complexity index is 165. The van der Waals surface area contributed by atoms with E-state index in [4.69, 9.17) is 4.74 Å². The minimum atomic E-state index is -0.232. The molecule has 1 aliphatic rings. The van der Waals surface area contributed by atoms with E-state index in [1.54, 1.807) is 0 Å². The molecule has 0 aromatic rings. The molecule has 1 rings (SSSR count). The predicted molar refractivity (Wildman–Crippen MR) is 46.7 cm³/mol. The molecule has 0 aromatic carbocycles. The van der Waals surface area contributed by atoms with Crippen molar-refractivity contribution in [2.75, 3.05) is 5.33 Å². The van der Waals surface area contributed by atoms with Crippen LogP contribution in [0.25, 0.3) is 0 Å². The van der Waals surface area contributed by atoms with Crippen LogP contribution in [0.5, 0.6) is 0 Å². The zero-order valence-corrected chi connectivity index (χ0v) is 8.48. The lowest BCUT2D eigenvalue weighted by Gasteiger charge is -2.14. The molecule has 1 atom stereocenters. The number of hydrogen-bond acceptors (Lipinski definition) is 2. The van der Waals surface area contributed by atoms with Crippen molar-refractivity contribution in [3.8, 4) is 0 Å². The number of hydrogen-bond donors (Lipinski definition) is 0. The smallest absolute Gasteiger partial charge is 0.309 e. The van der Waals surface area contributed by atoms with E-state index < -0.39 is 0 Å². The van der Waals surface area contributed by atoms with Crippen LogP contribution in [0.1, 0.15) is 26.7 Å². The fraction of sp³-hybridized carbons (Fsp3) is 0.875. The van der Waals surface area contributed by atoms with E-state index in [0.717, 1.165) is 18.2 Å². The second kappa shape index (κ2) is 3.13. The summed E-state index contributed by atoms with van der Waals surface area (Å²) in [6, 6.07) is 0. The maximum absolute atomic E-state index is 11.1. The minimum absolute atomic E-state index is 0.0329. The average molecular weight is 221 g/mol. The maximum Gasteiger partial charge on any atom is 0.309 e. The van der Waals surface area contributed by atoms with E-state index >= 15 is 0 Å². The second-order valence-corrected chi connectivity index (χ2v) is 4.35. The Morgan fingerprint density at radius 1 is 1.73 bits per heavy atom. The van der Waals surface area contributed by atoms with Crippen LogP contribution in [-0.2, 0) is 9.53 Å². The lowest BCUT2D eigenvalue weighted by atomic mass is 9.96. The van der Waals surface area contributed by atoms with Gasteiger partial charge in [-0.05, 0) is 26.7 Å². The van der Waals surface area contributed by atoms with Gasteiger partial charge in [0.1, 0.15) is 5.60 Å². The summed E-state index contributed by atoms with van der Waals surface area (Å²) in [6.45, 7) is 3.91. The first kappa shape index (κ1) is 9.04. The summed E-state index contributed by atoms with van der Waals surface area (Å²) in [7, 11) is 0. The van der Waals surface area contributed by atoms with E-state index in [-0.39, 0.29) is 17.5 Å². The molecule has 11 heavy (non-hydrogen) atoms. The quantitative estimate of drug-likeness (QED) is 0.527. The highest BCUT2D eigenvalue weighted by Crippen LogP contribution is 2.32. The van der Waals surface area contributed by atoms with Gasteiger partial charge in [0, 0.05) is 5.33 Å². The van der Waals surface area contributed by atoms with Crippen LogP contribution < -0.4 is 0 Å². The molecule has 0 aliphatic carbocycles. The second-order valence-electron chi connectivity index (χ2n) is 3.56. The van der Waals surface area contributed by atoms with Crippen LogP contribution in [-0.4, -0.2) is 16.9 Å². The average Bonchev–Trinajstić information content (AvgIpc) is 2.07. The summed E-state index contributed by atoms with van der Waals surface area (Å²) >= 11 is 3.32. The van der Waals surface area contributed by atoms with Gasteiger partial charge in [0.25, 0.3) is 0 Å². The van der Waals surface area contributed by atoms with Crippen LogP contribution in [0.2, 0.25) is 0 Å². The van der Waals surface area contributed by atoms with Gasteiger partial charge in [-0.25, -0.2) is 0 Å². The molecule has 3 heteroatoms. The van der Waals surface area contributed by atoms with E-state index in [2.05, 4.69) is 15.9 Å². The third-order valence-electron chi connectivity index (χ3n) is 1.91. The summed E-state index contributed by atoms with van der Waals surface area (Å²) in [5.41, 5.74) is -0.232. The SMILES string of the molecule is CC1(C)CC(CCBr)C(=O)O1. The largest absolute Gasteiger partial charge is 0.459 e. The van der Waals surface area contributed by atoms with Crippen LogP contribution in [0.3, 0.4) is 0 Å². The minimum Gasteiger partial charge on any atom is -0.459 e. The van der Waals surface area contributed by atoms with Crippen molar-refractivity contribution in [3.63, 3.8) is 0 Å². The number of rotatable bonds is 2. The lowest BCUT2D eigenvalue weighted by Crippen LogP contribution is -2.17. The molecule has 0 saturated carbocycles. The first-order valence-electron chi connectivity index (χ1n) is 3.84. The van der Waals surface area contributed by atoms with Crippen molar-refractivity contribution in [2.24, 2.45) is 5.92 Å². The summed E-state index contributed by atoms with van der Waals surface area (Å²) in [6.07, 6.45) is 1.75. The Labute approximate surface area is 75.4 Å². The zero-order chi connectivity index (χ0) is 8.48. The first-order valence-corrected chi connectivity index (χ1v) is 4.96. The van der Waals surface area contributed by atoms with Crippen molar-refractivity contribution < 1.29 is 9.53 Å². The van der Waals surface area contributed by atoms with Gasteiger partial charge in [0.2, 0.25) is 0 Å². The van der Waals surface area contributed by atoms with Gasteiger partial charge in [-0.2, -0.15) is 0 Å². The molecule has 1 fully saturated rings. The molecule has 1 aliphatic heterocycles. The van der Waals surface area contributed by atoms with Crippen molar-refractivity contribution >= 4 is 21.9 Å². The van der Waals surface area contributed by atoms with Crippen LogP contribution in [0.15, 0.2) is 0 Å². The summed E-state index contributed by atoms with van der Waals surface area (Å²) in [5.74, 6) is 0.0822. The Morgan fingerprint density at radius 2 is 2.36 bits per heavy atom. The monoisotopic (exact) mass is 220 g/mol. The molecular formula is C8H13BrO2. The number of halogens is 1. The predicted octanol–water partition coefficient (Wildman–Crippen LogP) is 2.11. The summed E-state index contributed by atoms with van der Waals surface area (Å²) in [4.78, 5) is 11.1. The van der Waals surface area contributed by atoms with Gasteiger partial charge in [-0.3, -0.25) is 4.79 Å². The Kier molecular flexibility index (Phi) is 2.58. The molecule has 0 N–H and O–H groups in total. The molecule has 2 nitrogen and oxygen atoms in total. The molecule has 64 valence electrons. The van der Waals surface area contributed by atoms with Crippen LogP contribution >= 0.6 is 15.9 Å². The third kappa shape index (κ3) is 2.19. The van der Waals surface area contributed by atoms with Gasteiger partial charge >= 0.3 is 5.97 Å². The zero-order valence-electron chi connectivity index (χ0n) is 6.89. The molecule has 0 amide bonds. The van der Waals surface area contributed by atoms with E-state index in [1.165, 1.54) is 0 Å². The molecule has 0 aromatic heterocycles. The van der Waals surface area contributed by atoms with E-state index in [0.29, 0.717) is 0 Å². The molecule has 1 saturated heterocycles. The van der Waals surface area contributed by atoms with Gasteiger partial charge in [0.15, 0.2) is 0 Å². The van der Waals surface area contributed by atoms with Crippen LogP contribution in [0.4, 0.5) is 0 Å². The van der Waals surface area contributed by atoms with Gasteiger partial charge < -0.3 is 4.74 Å². The number of carbonyl (C=O) groups is 1. The first-order chi connectivity index (χ1) is 5.05. The van der Waals surface area contributed by atoms with Crippen molar-refractivity contribution in [2.45, 2.75) is 32.3 Å². The molecule has 0 radical (unpaired) electrons. The number of alkyl halides is 1. The van der Waals surface area contributed by atoms with Gasteiger partial charge in [-0.1, -0.05) is 15.9 Å². The Balaban J connectivity index is 2.52. The number of cyclic esters (lactones) is 1. The fourth-order valence-corrected chi connectivity index (χ4v) is 1.98. The maximum atomic E-state index is 11.1. The number of carbonyl (C=O) groups excluding carboxylic acids is 1. The Morgan fingerprint density at radius 3 is 2.73 bits per heavy atom. The van der Waals surface area contributed by atoms with Gasteiger partial charge in [-0.15, -0.1) is 0 Å².